The lowest BCUT2D eigenvalue weighted by molar-refractivity contribution is -0.124. The highest BCUT2D eigenvalue weighted by Crippen LogP contribution is 2.12. The number of methoxy groups -OCH3 is 1. The molecule has 0 aliphatic heterocycles. The topological polar surface area (TPSA) is 83.8 Å². The first-order chi connectivity index (χ1) is 7.60. The van der Waals surface area contributed by atoms with Crippen molar-refractivity contribution < 1.29 is 24.5 Å². The van der Waals surface area contributed by atoms with E-state index in [4.69, 9.17) is 14.9 Å². The molecule has 0 heterocycles. The van der Waals surface area contributed by atoms with Crippen LogP contribution < -0.4 is 4.74 Å². The van der Waals surface area contributed by atoms with Gasteiger partial charge in [0, 0.05) is 5.56 Å². The molecule has 0 saturated carbocycles. The van der Waals surface area contributed by atoms with Gasteiger partial charge in [0.05, 0.1) is 13.7 Å². The average molecular weight is 224 g/mol. The standard InChI is InChI=1S/C11H12O5/c1-16-8-4-2-7(3-5-8)10(14)11(15)9(13)6-12/h2-5,9,12-13H,6H2,1H3. The van der Waals surface area contributed by atoms with E-state index in [-0.39, 0.29) is 5.56 Å². The highest BCUT2D eigenvalue weighted by Gasteiger charge is 2.23. The summed E-state index contributed by atoms with van der Waals surface area (Å²) < 4.78 is 4.89. The maximum Gasteiger partial charge on any atom is 0.234 e. The van der Waals surface area contributed by atoms with Crippen molar-refractivity contribution in [1.82, 2.24) is 0 Å². The van der Waals surface area contributed by atoms with Gasteiger partial charge in [-0.1, -0.05) is 0 Å². The van der Waals surface area contributed by atoms with E-state index in [1.54, 1.807) is 0 Å². The highest BCUT2D eigenvalue weighted by atomic mass is 16.5. The molecule has 86 valence electrons. The number of aliphatic hydroxyl groups is 2. The second-order valence-corrected chi connectivity index (χ2v) is 3.12. The molecule has 0 radical (unpaired) electrons. The Morgan fingerprint density at radius 3 is 2.31 bits per heavy atom. The fourth-order valence-corrected chi connectivity index (χ4v) is 1.12. The predicted molar refractivity (Wildman–Crippen MR) is 55.4 cm³/mol. The molecule has 5 nitrogen and oxygen atoms in total. The van der Waals surface area contributed by atoms with E-state index in [9.17, 15) is 9.59 Å². The number of hydrogen-bond acceptors (Lipinski definition) is 5. The number of aliphatic hydroxyl groups excluding tert-OH is 2. The average Bonchev–Trinajstić information content (AvgIpc) is 2.36. The van der Waals surface area contributed by atoms with E-state index in [1.807, 2.05) is 0 Å². The number of carbonyl (C=O) groups is 2. The van der Waals surface area contributed by atoms with Crippen LogP contribution in [0.4, 0.5) is 0 Å². The van der Waals surface area contributed by atoms with Gasteiger partial charge in [0.2, 0.25) is 11.6 Å². The van der Waals surface area contributed by atoms with Gasteiger partial charge in [-0.05, 0) is 24.3 Å². The number of hydrogen-bond donors (Lipinski definition) is 2. The van der Waals surface area contributed by atoms with Crippen molar-refractivity contribution in [2.45, 2.75) is 6.10 Å². The van der Waals surface area contributed by atoms with Crippen molar-refractivity contribution in [3.63, 3.8) is 0 Å². The van der Waals surface area contributed by atoms with Crippen LogP contribution in [0.25, 0.3) is 0 Å². The molecule has 5 heteroatoms. The van der Waals surface area contributed by atoms with Gasteiger partial charge >= 0.3 is 0 Å². The fraction of sp³-hybridized carbons (Fsp3) is 0.273. The Bertz CT molecular complexity index is 382. The van der Waals surface area contributed by atoms with Crippen LogP contribution in [-0.2, 0) is 4.79 Å². The number of carbonyl (C=O) groups excluding carboxylic acids is 2. The van der Waals surface area contributed by atoms with E-state index in [0.717, 1.165) is 0 Å². The molecule has 0 aliphatic carbocycles. The molecule has 0 aliphatic rings. The van der Waals surface area contributed by atoms with E-state index < -0.39 is 24.3 Å². The second kappa shape index (κ2) is 5.39. The summed E-state index contributed by atoms with van der Waals surface area (Å²) in [5.41, 5.74) is 0.151. The van der Waals surface area contributed by atoms with E-state index in [1.165, 1.54) is 31.4 Å². The Morgan fingerprint density at radius 1 is 1.31 bits per heavy atom. The van der Waals surface area contributed by atoms with Crippen LogP contribution >= 0.6 is 0 Å². The maximum atomic E-state index is 11.5. The third-order valence-electron chi connectivity index (χ3n) is 2.05. The van der Waals surface area contributed by atoms with Crippen LogP contribution in [0.1, 0.15) is 10.4 Å². The van der Waals surface area contributed by atoms with Gasteiger partial charge < -0.3 is 14.9 Å². The third-order valence-corrected chi connectivity index (χ3v) is 2.05. The van der Waals surface area contributed by atoms with Gasteiger partial charge in [0.1, 0.15) is 11.9 Å². The largest absolute Gasteiger partial charge is 0.497 e. The van der Waals surface area contributed by atoms with Crippen LogP contribution in [-0.4, -0.2) is 41.6 Å². The zero-order chi connectivity index (χ0) is 12.1. The molecule has 0 amide bonds. The van der Waals surface area contributed by atoms with Crippen LogP contribution in [0.15, 0.2) is 24.3 Å². The van der Waals surface area contributed by atoms with Crippen molar-refractivity contribution in [1.29, 1.82) is 0 Å². The first-order valence-corrected chi connectivity index (χ1v) is 4.61. The van der Waals surface area contributed by atoms with Crippen LogP contribution in [0.3, 0.4) is 0 Å². The summed E-state index contributed by atoms with van der Waals surface area (Å²) >= 11 is 0. The van der Waals surface area contributed by atoms with Gasteiger partial charge in [-0.3, -0.25) is 9.59 Å². The maximum absolute atomic E-state index is 11.5. The molecular formula is C11H12O5. The lowest BCUT2D eigenvalue weighted by Crippen LogP contribution is -2.31. The number of Topliss-reactive ketones (excluding diaryl/α,β-unsaturated/α-hetero) is 2. The first-order valence-electron chi connectivity index (χ1n) is 4.61. The summed E-state index contributed by atoms with van der Waals surface area (Å²) in [4.78, 5) is 22.7. The third kappa shape index (κ3) is 2.65. The molecule has 0 spiro atoms. The Morgan fingerprint density at radius 2 is 1.88 bits per heavy atom. The van der Waals surface area contributed by atoms with Crippen molar-refractivity contribution >= 4 is 11.6 Å². The minimum atomic E-state index is -1.66. The summed E-state index contributed by atoms with van der Waals surface area (Å²) in [6.45, 7) is -0.763. The molecule has 1 rings (SSSR count). The fourth-order valence-electron chi connectivity index (χ4n) is 1.12. The van der Waals surface area contributed by atoms with Crippen molar-refractivity contribution in [2.24, 2.45) is 0 Å². The summed E-state index contributed by atoms with van der Waals surface area (Å²) in [7, 11) is 1.48. The van der Waals surface area contributed by atoms with Gasteiger partial charge in [-0.15, -0.1) is 0 Å². The number of ether oxygens (including phenoxy) is 1. The van der Waals surface area contributed by atoms with E-state index in [2.05, 4.69) is 0 Å². The minimum absolute atomic E-state index is 0.151. The molecule has 16 heavy (non-hydrogen) atoms. The molecule has 2 N–H and O–H groups in total. The SMILES string of the molecule is COc1ccc(C(=O)C(=O)C(O)CO)cc1. The molecule has 1 aromatic rings. The van der Waals surface area contributed by atoms with E-state index in [0.29, 0.717) is 5.75 Å². The molecule has 0 bridgehead atoms. The van der Waals surface area contributed by atoms with E-state index >= 15 is 0 Å². The highest BCUT2D eigenvalue weighted by molar-refractivity contribution is 6.45. The summed E-state index contributed by atoms with van der Waals surface area (Å²) in [6.07, 6.45) is -1.66. The Kier molecular flexibility index (Phi) is 4.16. The molecule has 1 aromatic carbocycles. The molecule has 1 atom stereocenters. The minimum Gasteiger partial charge on any atom is -0.497 e. The lowest BCUT2D eigenvalue weighted by atomic mass is 10.0. The number of ketones is 2. The van der Waals surface area contributed by atoms with Crippen LogP contribution in [0, 0.1) is 0 Å². The van der Waals surface area contributed by atoms with Gasteiger partial charge in [0.25, 0.3) is 0 Å². The smallest absolute Gasteiger partial charge is 0.234 e. The van der Waals surface area contributed by atoms with Crippen LogP contribution in [0.5, 0.6) is 5.75 Å². The lowest BCUT2D eigenvalue weighted by Gasteiger charge is -2.05. The second-order valence-electron chi connectivity index (χ2n) is 3.12. The molecule has 1 unspecified atom stereocenters. The van der Waals surface area contributed by atoms with Gasteiger partial charge in [0.15, 0.2) is 0 Å². The van der Waals surface area contributed by atoms with Crippen molar-refractivity contribution in [3.8, 4) is 5.75 Å². The monoisotopic (exact) mass is 224 g/mol. The first kappa shape index (κ1) is 12.4. The Balaban J connectivity index is 2.84. The summed E-state index contributed by atoms with van der Waals surface area (Å²) in [5, 5.41) is 17.6. The molecule has 0 aromatic heterocycles. The van der Waals surface area contributed by atoms with Crippen molar-refractivity contribution in [3.05, 3.63) is 29.8 Å². The zero-order valence-corrected chi connectivity index (χ0v) is 8.71. The summed E-state index contributed by atoms with van der Waals surface area (Å²) in [5.74, 6) is -1.29. The Hall–Kier alpha value is -1.72. The molecule has 0 saturated heterocycles. The normalized spacial score (nSPS) is 11.9. The molecule has 0 fully saturated rings. The quantitative estimate of drug-likeness (QED) is 0.534. The summed E-state index contributed by atoms with van der Waals surface area (Å²) in [6, 6.07) is 5.91. The van der Waals surface area contributed by atoms with Gasteiger partial charge in [-0.2, -0.15) is 0 Å². The predicted octanol–water partition coefficient (Wildman–Crippen LogP) is -0.200. The zero-order valence-electron chi connectivity index (χ0n) is 8.71. The Labute approximate surface area is 92.3 Å². The van der Waals surface area contributed by atoms with Gasteiger partial charge in [-0.25, -0.2) is 0 Å². The number of benzene rings is 1. The van der Waals surface area contributed by atoms with Crippen LogP contribution in [0.2, 0.25) is 0 Å². The number of rotatable bonds is 5. The van der Waals surface area contributed by atoms with Crippen molar-refractivity contribution in [2.75, 3.05) is 13.7 Å². The molecular weight excluding hydrogens is 212 g/mol.